The zero-order valence-corrected chi connectivity index (χ0v) is 10.3. The highest BCUT2D eigenvalue weighted by atomic mass is 32.1. The average Bonchev–Trinajstić information content (AvgIpc) is 2.90. The van der Waals surface area contributed by atoms with Crippen LogP contribution in [0.3, 0.4) is 0 Å². The third-order valence-electron chi connectivity index (χ3n) is 1.74. The van der Waals surface area contributed by atoms with E-state index in [1.165, 1.54) is 22.7 Å². The number of carbonyl (C=O) groups is 2. The van der Waals surface area contributed by atoms with Gasteiger partial charge >= 0.3 is 11.9 Å². The fraction of sp³-hybridized carbons (Fsp3) is 0.0909. The van der Waals surface area contributed by atoms with E-state index in [0.717, 1.165) is 0 Å². The van der Waals surface area contributed by atoms with Gasteiger partial charge in [0.1, 0.15) is 17.9 Å². The molecule has 0 unspecified atom stereocenters. The van der Waals surface area contributed by atoms with Crippen LogP contribution >= 0.6 is 22.7 Å². The van der Waals surface area contributed by atoms with Gasteiger partial charge in [0.05, 0.1) is 0 Å². The van der Waals surface area contributed by atoms with E-state index in [0.29, 0.717) is 11.5 Å². The van der Waals surface area contributed by atoms with E-state index < -0.39 is 18.4 Å². The van der Waals surface area contributed by atoms with Crippen molar-refractivity contribution < 1.29 is 19.1 Å². The molecule has 0 aliphatic carbocycles. The fourth-order valence-electron chi connectivity index (χ4n) is 1.07. The molecule has 0 N–H and O–H groups in total. The van der Waals surface area contributed by atoms with Crippen molar-refractivity contribution in [1.82, 2.24) is 0 Å². The Bertz CT molecular complexity index is 441. The second kappa shape index (κ2) is 5.60. The first-order valence-electron chi connectivity index (χ1n) is 4.70. The number of esters is 2. The Morgan fingerprint density at radius 3 is 1.76 bits per heavy atom. The lowest BCUT2D eigenvalue weighted by Gasteiger charge is -2.02. The second-order valence-corrected chi connectivity index (χ2v) is 4.60. The SMILES string of the molecule is O=C(CC(=O)Oc1ccsc1)Oc1ccsc1. The highest BCUT2D eigenvalue weighted by molar-refractivity contribution is 7.08. The summed E-state index contributed by atoms with van der Waals surface area (Å²) in [5.41, 5.74) is 0. The first kappa shape index (κ1) is 11.8. The van der Waals surface area contributed by atoms with Gasteiger partial charge in [-0.1, -0.05) is 0 Å². The Hall–Kier alpha value is -1.66. The summed E-state index contributed by atoms with van der Waals surface area (Å²) < 4.78 is 9.83. The number of hydrogen-bond donors (Lipinski definition) is 0. The Morgan fingerprint density at radius 1 is 0.941 bits per heavy atom. The molecular formula is C11H8O4S2. The molecule has 0 aliphatic heterocycles. The molecule has 0 fully saturated rings. The number of rotatable bonds is 4. The van der Waals surface area contributed by atoms with Crippen molar-refractivity contribution in [1.29, 1.82) is 0 Å². The van der Waals surface area contributed by atoms with Gasteiger partial charge in [0.15, 0.2) is 0 Å². The summed E-state index contributed by atoms with van der Waals surface area (Å²) in [5, 5.41) is 6.93. The maximum Gasteiger partial charge on any atom is 0.322 e. The van der Waals surface area contributed by atoms with Gasteiger partial charge in [-0.2, -0.15) is 0 Å². The fourth-order valence-corrected chi connectivity index (χ4v) is 2.18. The maximum atomic E-state index is 11.3. The van der Waals surface area contributed by atoms with E-state index >= 15 is 0 Å². The monoisotopic (exact) mass is 268 g/mol. The lowest BCUT2D eigenvalue weighted by atomic mass is 10.4. The molecule has 0 radical (unpaired) electrons. The number of thiophene rings is 2. The van der Waals surface area contributed by atoms with Crippen LogP contribution in [0.25, 0.3) is 0 Å². The molecule has 0 amide bonds. The van der Waals surface area contributed by atoms with Gasteiger partial charge in [-0.3, -0.25) is 9.59 Å². The molecule has 88 valence electrons. The summed E-state index contributed by atoms with van der Waals surface area (Å²) in [4.78, 5) is 22.7. The van der Waals surface area contributed by atoms with Gasteiger partial charge in [0.25, 0.3) is 0 Å². The minimum atomic E-state index is -0.622. The molecule has 0 aromatic carbocycles. The van der Waals surface area contributed by atoms with E-state index in [1.807, 2.05) is 0 Å². The summed E-state index contributed by atoms with van der Waals surface area (Å²) >= 11 is 2.82. The van der Waals surface area contributed by atoms with Crippen LogP contribution in [0.4, 0.5) is 0 Å². The maximum absolute atomic E-state index is 11.3. The molecule has 6 heteroatoms. The van der Waals surface area contributed by atoms with E-state index in [9.17, 15) is 9.59 Å². The lowest BCUT2D eigenvalue weighted by molar-refractivity contribution is -0.144. The standard InChI is InChI=1S/C11H8O4S2/c12-10(14-8-1-3-16-6-8)5-11(13)15-9-2-4-17-7-9/h1-4,6-7H,5H2. The van der Waals surface area contributed by atoms with E-state index in [2.05, 4.69) is 0 Å². The zero-order valence-electron chi connectivity index (χ0n) is 8.62. The number of carbonyl (C=O) groups excluding carboxylic acids is 2. The Morgan fingerprint density at radius 2 is 1.41 bits per heavy atom. The summed E-state index contributed by atoms with van der Waals surface area (Å²) in [6.45, 7) is 0. The summed E-state index contributed by atoms with van der Waals surface area (Å²) in [6, 6.07) is 3.32. The van der Waals surface area contributed by atoms with Crippen LogP contribution in [0.2, 0.25) is 0 Å². The van der Waals surface area contributed by atoms with Crippen molar-refractivity contribution in [3.63, 3.8) is 0 Å². The highest BCUT2D eigenvalue weighted by Crippen LogP contribution is 2.17. The van der Waals surface area contributed by atoms with Crippen LogP contribution in [0.5, 0.6) is 11.5 Å². The number of ether oxygens (including phenoxy) is 2. The second-order valence-electron chi connectivity index (χ2n) is 3.04. The quantitative estimate of drug-likeness (QED) is 0.632. The molecule has 4 nitrogen and oxygen atoms in total. The first-order chi connectivity index (χ1) is 8.24. The molecule has 17 heavy (non-hydrogen) atoms. The van der Waals surface area contributed by atoms with Crippen LogP contribution < -0.4 is 9.47 Å². The molecular weight excluding hydrogens is 260 g/mol. The summed E-state index contributed by atoms with van der Waals surface area (Å²) in [7, 11) is 0. The highest BCUT2D eigenvalue weighted by Gasteiger charge is 2.14. The van der Waals surface area contributed by atoms with E-state index in [1.54, 1.807) is 33.7 Å². The molecule has 2 aromatic rings. The van der Waals surface area contributed by atoms with Gasteiger partial charge in [-0.25, -0.2) is 0 Å². The molecule has 0 saturated carbocycles. The minimum absolute atomic E-state index is 0.397. The molecule has 2 aromatic heterocycles. The van der Waals surface area contributed by atoms with Crippen molar-refractivity contribution in [3.05, 3.63) is 33.7 Å². The van der Waals surface area contributed by atoms with Crippen molar-refractivity contribution in [2.45, 2.75) is 6.42 Å². The van der Waals surface area contributed by atoms with Gasteiger partial charge in [0.2, 0.25) is 0 Å². The van der Waals surface area contributed by atoms with Gasteiger partial charge < -0.3 is 9.47 Å². The van der Waals surface area contributed by atoms with Gasteiger partial charge in [-0.05, 0) is 22.9 Å². The normalized spacial score (nSPS) is 9.88. The average molecular weight is 268 g/mol. The van der Waals surface area contributed by atoms with Crippen molar-refractivity contribution in [2.75, 3.05) is 0 Å². The molecule has 0 saturated heterocycles. The van der Waals surface area contributed by atoms with Crippen molar-refractivity contribution >= 4 is 34.6 Å². The molecule has 2 heterocycles. The van der Waals surface area contributed by atoms with Crippen molar-refractivity contribution in [2.24, 2.45) is 0 Å². The largest absolute Gasteiger partial charge is 0.425 e. The minimum Gasteiger partial charge on any atom is -0.425 e. The first-order valence-corrected chi connectivity index (χ1v) is 6.58. The summed E-state index contributed by atoms with van der Waals surface area (Å²) in [6.07, 6.45) is -0.397. The van der Waals surface area contributed by atoms with Crippen LogP contribution in [0, 0.1) is 0 Å². The van der Waals surface area contributed by atoms with Gasteiger partial charge in [0, 0.05) is 10.8 Å². The van der Waals surface area contributed by atoms with Crippen LogP contribution in [-0.4, -0.2) is 11.9 Å². The molecule has 0 aliphatic rings. The third kappa shape index (κ3) is 3.69. The summed E-state index contributed by atoms with van der Waals surface area (Å²) in [5.74, 6) is -0.348. The van der Waals surface area contributed by atoms with E-state index in [-0.39, 0.29) is 0 Å². The van der Waals surface area contributed by atoms with Crippen LogP contribution in [0.15, 0.2) is 33.7 Å². The predicted octanol–water partition coefficient (Wildman–Crippen LogP) is 2.71. The topological polar surface area (TPSA) is 52.6 Å². The third-order valence-corrected chi connectivity index (χ3v) is 3.07. The van der Waals surface area contributed by atoms with Gasteiger partial charge in [-0.15, -0.1) is 22.7 Å². The molecule has 2 rings (SSSR count). The van der Waals surface area contributed by atoms with Crippen LogP contribution in [-0.2, 0) is 9.59 Å². The van der Waals surface area contributed by atoms with Crippen LogP contribution in [0.1, 0.15) is 6.42 Å². The molecule has 0 spiro atoms. The molecule has 0 bridgehead atoms. The zero-order chi connectivity index (χ0) is 12.1. The Kier molecular flexibility index (Phi) is 3.89. The number of hydrogen-bond acceptors (Lipinski definition) is 6. The smallest absolute Gasteiger partial charge is 0.322 e. The lowest BCUT2D eigenvalue weighted by Crippen LogP contribution is -2.17. The molecule has 0 atom stereocenters. The Balaban J connectivity index is 1.80. The van der Waals surface area contributed by atoms with E-state index in [4.69, 9.17) is 9.47 Å². The Labute approximate surface area is 105 Å². The van der Waals surface area contributed by atoms with Crippen molar-refractivity contribution in [3.8, 4) is 11.5 Å². The predicted molar refractivity (Wildman–Crippen MR) is 64.5 cm³/mol.